The molecule has 0 amide bonds. The zero-order valence-electron chi connectivity index (χ0n) is 17.5. The van der Waals surface area contributed by atoms with Gasteiger partial charge in [-0.25, -0.2) is 0 Å². The summed E-state index contributed by atoms with van der Waals surface area (Å²) in [6, 6.07) is 0. The van der Waals surface area contributed by atoms with Gasteiger partial charge in [-0.2, -0.15) is 0 Å². The fourth-order valence-electron chi connectivity index (χ4n) is 3.68. The zero-order valence-corrected chi connectivity index (χ0v) is 17.5. The van der Waals surface area contributed by atoms with Crippen molar-refractivity contribution in [3.05, 3.63) is 24.3 Å². The van der Waals surface area contributed by atoms with Gasteiger partial charge in [-0.3, -0.25) is 4.79 Å². The normalized spacial score (nSPS) is 24.3. The molecular weight excluding hydrogens is 340 g/mol. The molecule has 1 aliphatic rings. The third-order valence-corrected chi connectivity index (χ3v) is 5.22. The van der Waals surface area contributed by atoms with Crippen LogP contribution in [0.15, 0.2) is 24.3 Å². The van der Waals surface area contributed by atoms with E-state index in [9.17, 15) is 15.0 Å². The minimum absolute atomic E-state index is 0.0490. The molecule has 0 aromatic carbocycles. The maximum absolute atomic E-state index is 11.5. The number of rotatable bonds is 13. The highest BCUT2D eigenvalue weighted by Gasteiger charge is 2.32. The molecule has 1 saturated carbocycles. The number of hydrogen-bond donors (Lipinski definition) is 2. The largest absolute Gasteiger partial charge is 0.463 e. The minimum Gasteiger partial charge on any atom is -0.463 e. The van der Waals surface area contributed by atoms with E-state index in [0.29, 0.717) is 12.3 Å². The molecule has 1 aliphatic carbocycles. The smallest absolute Gasteiger partial charge is 0.306 e. The van der Waals surface area contributed by atoms with Crippen molar-refractivity contribution in [2.45, 2.75) is 103 Å². The van der Waals surface area contributed by atoms with Crippen LogP contribution in [0, 0.1) is 11.8 Å². The van der Waals surface area contributed by atoms with E-state index in [1.165, 1.54) is 6.42 Å². The number of hydrogen-bond acceptors (Lipinski definition) is 4. The lowest BCUT2D eigenvalue weighted by Crippen LogP contribution is -2.17. The Bertz CT molecular complexity index is 455. The lowest BCUT2D eigenvalue weighted by atomic mass is 9.90. The summed E-state index contributed by atoms with van der Waals surface area (Å²) in [7, 11) is 0. The Morgan fingerprint density at radius 1 is 1.19 bits per heavy atom. The highest BCUT2D eigenvalue weighted by Crippen LogP contribution is 2.36. The van der Waals surface area contributed by atoms with Crippen LogP contribution >= 0.6 is 0 Å². The number of carbonyl (C=O) groups is 1. The fraction of sp³-hybridized carbons (Fsp3) is 0.783. The summed E-state index contributed by atoms with van der Waals surface area (Å²) >= 11 is 0. The molecule has 0 aromatic rings. The molecule has 1 rings (SSSR count). The standard InChI is InChI=1S/C23H40O4/c1-4-5-8-11-20(24)16-14-19-15-17-22(25)21(19)12-9-6-7-10-13-23(26)27-18(2)3/h6,9,14,16,18-22,24-25H,4-5,7-8,10-13,15,17H2,1-3H3/b9-6-,16-14+/t19-,20-,21+,22-/m0/s1. The van der Waals surface area contributed by atoms with E-state index in [4.69, 9.17) is 4.74 Å². The highest BCUT2D eigenvalue weighted by atomic mass is 16.5. The first-order valence-electron chi connectivity index (χ1n) is 10.8. The molecule has 27 heavy (non-hydrogen) atoms. The molecule has 4 nitrogen and oxygen atoms in total. The molecule has 0 aromatic heterocycles. The molecule has 1 fully saturated rings. The highest BCUT2D eigenvalue weighted by molar-refractivity contribution is 5.69. The van der Waals surface area contributed by atoms with E-state index >= 15 is 0 Å². The van der Waals surface area contributed by atoms with Crippen molar-refractivity contribution in [3.63, 3.8) is 0 Å². The predicted octanol–water partition coefficient (Wildman–Crippen LogP) is 4.94. The molecule has 2 N–H and O–H groups in total. The molecule has 4 atom stereocenters. The predicted molar refractivity (Wildman–Crippen MR) is 110 cm³/mol. The quantitative estimate of drug-likeness (QED) is 0.270. The molecule has 0 spiro atoms. The SMILES string of the molecule is CCCCC[C@H](O)/C=C/[C@H]1CC[C@H](O)[C@@H]1C/C=C\CCCC(=O)OC(C)C. The van der Waals surface area contributed by atoms with E-state index < -0.39 is 0 Å². The Hall–Kier alpha value is -1.13. The lowest BCUT2D eigenvalue weighted by molar-refractivity contribution is -0.147. The van der Waals surface area contributed by atoms with Crippen LogP contribution in [0.5, 0.6) is 0 Å². The van der Waals surface area contributed by atoms with Gasteiger partial charge in [-0.1, -0.05) is 50.5 Å². The van der Waals surface area contributed by atoms with Crippen LogP contribution in [-0.2, 0) is 9.53 Å². The van der Waals surface area contributed by atoms with E-state index in [-0.39, 0.29) is 30.2 Å². The maximum Gasteiger partial charge on any atom is 0.306 e. The topological polar surface area (TPSA) is 66.8 Å². The van der Waals surface area contributed by atoms with Gasteiger partial charge in [0.05, 0.1) is 18.3 Å². The molecular formula is C23H40O4. The van der Waals surface area contributed by atoms with Crippen molar-refractivity contribution in [2.75, 3.05) is 0 Å². The first kappa shape index (κ1) is 23.9. The first-order chi connectivity index (χ1) is 12.9. The number of carbonyl (C=O) groups excluding carboxylic acids is 1. The molecule has 0 heterocycles. The number of aliphatic hydroxyl groups is 2. The first-order valence-corrected chi connectivity index (χ1v) is 10.8. The van der Waals surface area contributed by atoms with Crippen molar-refractivity contribution in [3.8, 4) is 0 Å². The Morgan fingerprint density at radius 3 is 2.67 bits per heavy atom. The van der Waals surface area contributed by atoms with Gasteiger partial charge < -0.3 is 14.9 Å². The Balaban J connectivity index is 2.31. The summed E-state index contributed by atoms with van der Waals surface area (Å²) in [4.78, 5) is 11.5. The average Bonchev–Trinajstić information content (AvgIpc) is 2.95. The van der Waals surface area contributed by atoms with Crippen LogP contribution in [-0.4, -0.2) is 34.5 Å². The molecule has 0 radical (unpaired) electrons. The van der Waals surface area contributed by atoms with Gasteiger partial charge in [0, 0.05) is 6.42 Å². The minimum atomic E-state index is -0.365. The summed E-state index contributed by atoms with van der Waals surface area (Å²) in [6.45, 7) is 5.89. The van der Waals surface area contributed by atoms with Crippen molar-refractivity contribution < 1.29 is 19.7 Å². The lowest BCUT2D eigenvalue weighted by Gasteiger charge is -2.18. The van der Waals surface area contributed by atoms with E-state index in [1.807, 2.05) is 19.9 Å². The third kappa shape index (κ3) is 10.7. The fourth-order valence-corrected chi connectivity index (χ4v) is 3.68. The van der Waals surface area contributed by atoms with E-state index in [2.05, 4.69) is 25.2 Å². The van der Waals surface area contributed by atoms with Gasteiger partial charge in [0.15, 0.2) is 0 Å². The van der Waals surface area contributed by atoms with Gasteiger partial charge in [0.2, 0.25) is 0 Å². The number of ether oxygens (including phenoxy) is 1. The maximum atomic E-state index is 11.5. The third-order valence-electron chi connectivity index (χ3n) is 5.22. The van der Waals surface area contributed by atoms with Crippen LogP contribution < -0.4 is 0 Å². The second-order valence-electron chi connectivity index (χ2n) is 8.06. The average molecular weight is 381 g/mol. The van der Waals surface area contributed by atoms with Crippen LogP contribution in [0.4, 0.5) is 0 Å². The second-order valence-corrected chi connectivity index (χ2v) is 8.06. The Labute approximate surface area is 165 Å². The van der Waals surface area contributed by atoms with Crippen molar-refractivity contribution in [2.24, 2.45) is 11.8 Å². The van der Waals surface area contributed by atoms with Crippen molar-refractivity contribution in [1.29, 1.82) is 0 Å². The molecule has 0 unspecified atom stereocenters. The molecule has 0 aliphatic heterocycles. The Kier molecular flexibility index (Phi) is 12.4. The molecule has 156 valence electrons. The van der Waals surface area contributed by atoms with E-state index in [1.54, 1.807) is 0 Å². The number of aliphatic hydroxyl groups excluding tert-OH is 2. The summed E-state index contributed by atoms with van der Waals surface area (Å²) in [5.41, 5.74) is 0. The van der Waals surface area contributed by atoms with Crippen LogP contribution in [0.2, 0.25) is 0 Å². The molecule has 0 bridgehead atoms. The summed E-state index contributed by atoms with van der Waals surface area (Å²) < 4.78 is 5.12. The molecule has 4 heteroatoms. The number of allylic oxidation sites excluding steroid dienone is 3. The van der Waals surface area contributed by atoms with Crippen LogP contribution in [0.1, 0.15) is 85.0 Å². The zero-order chi connectivity index (χ0) is 20.1. The summed E-state index contributed by atoms with van der Waals surface area (Å²) in [5, 5.41) is 20.3. The number of unbranched alkanes of at least 4 members (excludes halogenated alkanes) is 3. The van der Waals surface area contributed by atoms with Crippen LogP contribution in [0.25, 0.3) is 0 Å². The second kappa shape index (κ2) is 14.0. The van der Waals surface area contributed by atoms with Gasteiger partial charge in [0.25, 0.3) is 0 Å². The van der Waals surface area contributed by atoms with Gasteiger partial charge in [0.1, 0.15) is 0 Å². The van der Waals surface area contributed by atoms with Crippen LogP contribution in [0.3, 0.4) is 0 Å². The monoisotopic (exact) mass is 380 g/mol. The van der Waals surface area contributed by atoms with Gasteiger partial charge >= 0.3 is 5.97 Å². The summed E-state index contributed by atoms with van der Waals surface area (Å²) in [6.07, 6.45) is 16.6. The van der Waals surface area contributed by atoms with Crippen molar-refractivity contribution in [1.82, 2.24) is 0 Å². The Morgan fingerprint density at radius 2 is 1.96 bits per heavy atom. The van der Waals surface area contributed by atoms with Gasteiger partial charge in [-0.15, -0.1) is 0 Å². The van der Waals surface area contributed by atoms with Gasteiger partial charge in [-0.05, 0) is 64.2 Å². The number of esters is 1. The van der Waals surface area contributed by atoms with Crippen molar-refractivity contribution >= 4 is 5.97 Å². The molecule has 0 saturated heterocycles. The summed E-state index contributed by atoms with van der Waals surface area (Å²) in [5.74, 6) is 0.435. The van der Waals surface area contributed by atoms with E-state index in [0.717, 1.165) is 51.4 Å².